The van der Waals surface area contributed by atoms with E-state index in [4.69, 9.17) is 13.8 Å². The third-order valence-electron chi connectivity index (χ3n) is 2.88. The van der Waals surface area contributed by atoms with Crippen molar-refractivity contribution in [3.05, 3.63) is 0 Å². The van der Waals surface area contributed by atoms with Gasteiger partial charge in [0, 0.05) is 0 Å². The molecule has 0 aromatic carbocycles. The van der Waals surface area contributed by atoms with E-state index in [1.54, 1.807) is 41.5 Å². The normalized spacial score (nSPS) is 22.3. The van der Waals surface area contributed by atoms with Crippen LogP contribution in [-0.4, -0.2) is 47.6 Å². The van der Waals surface area contributed by atoms with Crippen molar-refractivity contribution in [2.45, 2.75) is 59.2 Å². The van der Waals surface area contributed by atoms with Gasteiger partial charge in [-0.3, -0.25) is 13.8 Å². The lowest BCUT2D eigenvalue weighted by Crippen LogP contribution is -2.68. The minimum atomic E-state index is -3.67. The molecule has 2 atom stereocenters. The zero-order valence-electron chi connectivity index (χ0n) is 13.9. The summed E-state index contributed by atoms with van der Waals surface area (Å²) in [6, 6.07) is -1.31. The Morgan fingerprint density at radius 2 is 1.77 bits per heavy atom. The van der Waals surface area contributed by atoms with Crippen LogP contribution in [0.3, 0.4) is 0 Å². The Hall–Kier alpha value is -1.11. The summed E-state index contributed by atoms with van der Waals surface area (Å²) in [5, 5.41) is 2.47. The quantitative estimate of drug-likeness (QED) is 0.591. The fraction of sp³-hybridized carbons (Fsp3) is 0.846. The summed E-state index contributed by atoms with van der Waals surface area (Å²) in [4.78, 5) is 23.9. The van der Waals surface area contributed by atoms with Gasteiger partial charge in [-0.15, -0.1) is 0 Å². The first-order valence-corrected chi connectivity index (χ1v) is 8.77. The van der Waals surface area contributed by atoms with Gasteiger partial charge in [0.15, 0.2) is 0 Å². The molecule has 0 aromatic rings. The molecule has 0 unspecified atom stereocenters. The maximum Gasteiger partial charge on any atom is 0.437 e. The number of β-lactam (4-membered cyclic amide) rings is 1. The summed E-state index contributed by atoms with van der Waals surface area (Å²) in [5.41, 5.74) is -0.661. The lowest BCUT2D eigenvalue weighted by Gasteiger charge is -2.46. The van der Waals surface area contributed by atoms with Gasteiger partial charge in [0.05, 0.1) is 19.3 Å². The van der Waals surface area contributed by atoms with Crippen molar-refractivity contribution in [3.8, 4) is 0 Å². The molecule has 2 amide bonds. The van der Waals surface area contributed by atoms with Crippen molar-refractivity contribution in [3.63, 3.8) is 0 Å². The molecular formula is C13H25N2O6P. The number of rotatable bonds is 6. The van der Waals surface area contributed by atoms with E-state index in [9.17, 15) is 14.2 Å². The smallest absolute Gasteiger partial charge is 0.437 e. The number of nitrogens with one attached hydrogen (secondary N) is 1. The average molecular weight is 336 g/mol. The van der Waals surface area contributed by atoms with E-state index in [1.165, 1.54) is 0 Å². The SMILES string of the molecule is CCOP(=O)(OCC)N1C(=O)[C@@H](NC(=O)OC(C)(C)C)[C@@H]1C. The largest absolute Gasteiger partial charge is 0.444 e. The third kappa shape index (κ3) is 4.21. The van der Waals surface area contributed by atoms with E-state index in [2.05, 4.69) is 5.32 Å². The highest BCUT2D eigenvalue weighted by molar-refractivity contribution is 7.52. The summed E-state index contributed by atoms with van der Waals surface area (Å²) in [7, 11) is -3.67. The molecule has 9 heteroatoms. The van der Waals surface area contributed by atoms with Gasteiger partial charge in [-0.25, -0.2) is 14.0 Å². The van der Waals surface area contributed by atoms with Crippen LogP contribution >= 0.6 is 7.75 Å². The zero-order valence-corrected chi connectivity index (χ0v) is 14.8. The molecule has 22 heavy (non-hydrogen) atoms. The predicted molar refractivity (Wildman–Crippen MR) is 80.3 cm³/mol. The van der Waals surface area contributed by atoms with E-state index in [1.807, 2.05) is 0 Å². The summed E-state index contributed by atoms with van der Waals surface area (Å²) in [5.74, 6) is -0.511. The van der Waals surface area contributed by atoms with Crippen molar-refractivity contribution >= 4 is 19.7 Å². The molecule has 1 aliphatic rings. The number of nitrogens with zero attached hydrogens (tertiary/aromatic N) is 1. The maximum absolute atomic E-state index is 12.6. The molecule has 0 radical (unpaired) electrons. The van der Waals surface area contributed by atoms with Crippen molar-refractivity contribution in [2.75, 3.05) is 13.2 Å². The first-order valence-electron chi connectivity index (χ1n) is 7.28. The standard InChI is InChI=1S/C13H25N2O6P/c1-7-19-22(18,20-8-2)15-9(3)10(11(15)16)14-12(17)21-13(4,5)6/h9-10H,7-8H2,1-6H3,(H,14,17)/t9-,10-/m0/s1. The Labute approximate surface area is 131 Å². The number of hydrogen-bond donors (Lipinski definition) is 1. The summed E-state index contributed by atoms with van der Waals surface area (Å²) in [6.45, 7) is 10.5. The fourth-order valence-corrected chi connectivity index (χ4v) is 3.98. The number of alkyl carbamates (subject to hydrolysis) is 1. The minimum Gasteiger partial charge on any atom is -0.444 e. The van der Waals surface area contributed by atoms with Gasteiger partial charge in [-0.1, -0.05) is 0 Å². The van der Waals surface area contributed by atoms with Crippen LogP contribution in [0.15, 0.2) is 0 Å². The zero-order chi connectivity index (χ0) is 17.1. The molecule has 0 bridgehead atoms. The first kappa shape index (κ1) is 18.9. The van der Waals surface area contributed by atoms with Gasteiger partial charge < -0.3 is 10.1 Å². The van der Waals surface area contributed by atoms with Gasteiger partial charge in [0.25, 0.3) is 5.91 Å². The highest BCUT2D eigenvalue weighted by atomic mass is 31.2. The van der Waals surface area contributed by atoms with Crippen LogP contribution in [0, 0.1) is 0 Å². The summed E-state index contributed by atoms with van der Waals surface area (Å²) >= 11 is 0. The second kappa shape index (κ2) is 6.98. The minimum absolute atomic E-state index is 0.151. The molecule has 1 rings (SSSR count). The van der Waals surface area contributed by atoms with E-state index < -0.39 is 37.4 Å². The number of carbonyl (C=O) groups is 2. The van der Waals surface area contributed by atoms with Crippen LogP contribution in [0.4, 0.5) is 4.79 Å². The Bertz CT molecular complexity index is 466. The number of hydrogen-bond acceptors (Lipinski definition) is 6. The predicted octanol–water partition coefficient (Wildman–Crippen LogP) is 2.29. The summed E-state index contributed by atoms with van der Waals surface area (Å²) < 4.78 is 29.0. The number of ether oxygens (including phenoxy) is 1. The second-order valence-electron chi connectivity index (χ2n) is 5.85. The lowest BCUT2D eigenvalue weighted by atomic mass is 10.0. The van der Waals surface area contributed by atoms with E-state index >= 15 is 0 Å². The fourth-order valence-electron chi connectivity index (χ4n) is 2.06. The monoisotopic (exact) mass is 336 g/mol. The van der Waals surface area contributed by atoms with Gasteiger partial charge in [-0.2, -0.15) is 0 Å². The molecule has 0 aliphatic carbocycles. The molecule has 8 nitrogen and oxygen atoms in total. The average Bonchev–Trinajstić information content (AvgIpc) is 2.34. The van der Waals surface area contributed by atoms with Crippen LogP contribution in [-0.2, 0) is 23.1 Å². The third-order valence-corrected chi connectivity index (χ3v) is 5.14. The Morgan fingerprint density at radius 3 is 2.14 bits per heavy atom. The van der Waals surface area contributed by atoms with E-state index in [0.29, 0.717) is 0 Å². The van der Waals surface area contributed by atoms with Crippen molar-refractivity contribution in [1.29, 1.82) is 0 Å². The van der Waals surface area contributed by atoms with Crippen molar-refractivity contribution in [1.82, 2.24) is 9.99 Å². The Morgan fingerprint density at radius 1 is 1.27 bits per heavy atom. The van der Waals surface area contributed by atoms with Crippen molar-refractivity contribution < 1.29 is 27.9 Å². The molecule has 1 N–H and O–H groups in total. The molecule has 1 fully saturated rings. The second-order valence-corrected chi connectivity index (χ2v) is 7.74. The van der Waals surface area contributed by atoms with E-state index in [0.717, 1.165) is 4.67 Å². The van der Waals surface area contributed by atoms with Gasteiger partial charge in [-0.05, 0) is 41.5 Å². The molecule has 128 valence electrons. The van der Waals surface area contributed by atoms with Crippen LogP contribution in [0.1, 0.15) is 41.5 Å². The topological polar surface area (TPSA) is 94.2 Å². The number of amides is 2. The van der Waals surface area contributed by atoms with Gasteiger partial charge >= 0.3 is 13.8 Å². The molecular weight excluding hydrogens is 311 g/mol. The Balaban J connectivity index is 2.74. The number of carbonyl (C=O) groups excluding carboxylic acids is 2. The molecule has 1 heterocycles. The molecule has 1 saturated heterocycles. The first-order chi connectivity index (χ1) is 10.1. The highest BCUT2D eigenvalue weighted by Gasteiger charge is 2.55. The molecule has 0 aromatic heterocycles. The lowest BCUT2D eigenvalue weighted by molar-refractivity contribution is -0.143. The van der Waals surface area contributed by atoms with Crippen LogP contribution < -0.4 is 5.32 Å². The Kier molecular flexibility index (Phi) is 6.01. The maximum atomic E-state index is 12.6. The van der Waals surface area contributed by atoms with Crippen LogP contribution in [0.5, 0.6) is 0 Å². The van der Waals surface area contributed by atoms with Gasteiger partial charge in [0.2, 0.25) is 0 Å². The van der Waals surface area contributed by atoms with Crippen LogP contribution in [0.2, 0.25) is 0 Å². The molecule has 0 saturated carbocycles. The van der Waals surface area contributed by atoms with Crippen LogP contribution in [0.25, 0.3) is 0 Å². The molecule has 1 aliphatic heterocycles. The van der Waals surface area contributed by atoms with Crippen molar-refractivity contribution in [2.24, 2.45) is 0 Å². The van der Waals surface area contributed by atoms with Gasteiger partial charge in [0.1, 0.15) is 11.6 Å². The summed E-state index contributed by atoms with van der Waals surface area (Å²) in [6.07, 6.45) is -0.694. The van der Waals surface area contributed by atoms with E-state index in [-0.39, 0.29) is 13.2 Å². The molecule has 0 spiro atoms. The highest BCUT2D eigenvalue weighted by Crippen LogP contribution is 2.56.